The molecule has 3 aliphatic rings. The van der Waals surface area contributed by atoms with Gasteiger partial charge in [0, 0.05) is 38.3 Å². The van der Waals surface area contributed by atoms with E-state index in [9.17, 15) is 4.79 Å². The topological polar surface area (TPSA) is 50.8 Å². The molecule has 3 fully saturated rings. The van der Waals surface area contributed by atoms with Gasteiger partial charge in [-0.3, -0.25) is 0 Å². The van der Waals surface area contributed by atoms with Crippen LogP contribution in [0, 0.1) is 11.3 Å². The highest BCUT2D eigenvalue weighted by Gasteiger charge is 2.60. The van der Waals surface area contributed by atoms with Gasteiger partial charge in [-0.15, -0.1) is 0 Å². The lowest BCUT2D eigenvalue weighted by Crippen LogP contribution is -2.69. The van der Waals surface area contributed by atoms with Crippen molar-refractivity contribution in [2.24, 2.45) is 11.3 Å². The molecule has 0 aromatic carbocycles. The van der Waals surface area contributed by atoms with Crippen LogP contribution in [0.2, 0.25) is 0 Å². The molecule has 1 N–H and O–H groups in total. The van der Waals surface area contributed by atoms with Crippen LogP contribution in [-0.2, 0) is 9.47 Å². The molecular weight excluding hydrogens is 292 g/mol. The second-order valence-electron chi connectivity index (χ2n) is 8.40. The zero-order chi connectivity index (χ0) is 16.8. The fraction of sp³-hybridized carbons (Fsp3) is 0.944. The molecule has 0 aromatic rings. The third-order valence-electron chi connectivity index (χ3n) is 6.81. The van der Waals surface area contributed by atoms with E-state index in [4.69, 9.17) is 9.47 Å². The Hall–Kier alpha value is -0.810. The number of carbonyl (C=O) groups is 1. The Morgan fingerprint density at radius 2 is 1.96 bits per heavy atom. The highest BCUT2D eigenvalue weighted by atomic mass is 16.5. The Kier molecular flexibility index (Phi) is 4.38. The van der Waals surface area contributed by atoms with E-state index in [0.717, 1.165) is 31.8 Å². The second kappa shape index (κ2) is 5.92. The van der Waals surface area contributed by atoms with Crippen LogP contribution in [0.3, 0.4) is 0 Å². The fourth-order valence-electron chi connectivity index (χ4n) is 4.25. The lowest BCUT2D eigenvalue weighted by molar-refractivity contribution is -0.198. The summed E-state index contributed by atoms with van der Waals surface area (Å²) in [7, 11) is 3.67. The minimum Gasteiger partial charge on any atom is -0.378 e. The lowest BCUT2D eigenvalue weighted by atomic mass is 9.55. The van der Waals surface area contributed by atoms with Crippen molar-refractivity contribution < 1.29 is 14.3 Å². The molecule has 23 heavy (non-hydrogen) atoms. The van der Waals surface area contributed by atoms with E-state index < -0.39 is 0 Å². The van der Waals surface area contributed by atoms with Crippen LogP contribution in [0.1, 0.15) is 52.9 Å². The molecule has 0 radical (unpaired) electrons. The number of hydrogen-bond donors (Lipinski definition) is 1. The Balaban J connectivity index is 1.54. The average molecular weight is 324 g/mol. The zero-order valence-corrected chi connectivity index (χ0v) is 15.2. The fourth-order valence-corrected chi connectivity index (χ4v) is 4.25. The first-order chi connectivity index (χ1) is 10.8. The molecule has 1 saturated heterocycles. The predicted molar refractivity (Wildman–Crippen MR) is 89.4 cm³/mol. The van der Waals surface area contributed by atoms with Crippen molar-refractivity contribution >= 4 is 6.03 Å². The highest BCUT2D eigenvalue weighted by molar-refractivity contribution is 5.75. The summed E-state index contributed by atoms with van der Waals surface area (Å²) >= 11 is 0. The number of urea groups is 1. The van der Waals surface area contributed by atoms with Crippen LogP contribution in [0.5, 0.6) is 0 Å². The van der Waals surface area contributed by atoms with Gasteiger partial charge in [0.15, 0.2) is 0 Å². The minimum atomic E-state index is -0.151. The van der Waals surface area contributed by atoms with E-state index in [1.807, 2.05) is 11.9 Å². The summed E-state index contributed by atoms with van der Waals surface area (Å²) in [6.45, 7) is 7.28. The molecule has 1 aliphatic heterocycles. The molecule has 0 unspecified atom stereocenters. The summed E-state index contributed by atoms with van der Waals surface area (Å²) in [5.41, 5.74) is -0.192. The van der Waals surface area contributed by atoms with E-state index in [1.165, 1.54) is 12.8 Å². The van der Waals surface area contributed by atoms with Gasteiger partial charge in [-0.05, 0) is 44.9 Å². The number of rotatable bonds is 4. The van der Waals surface area contributed by atoms with Crippen LogP contribution in [0.25, 0.3) is 0 Å². The van der Waals surface area contributed by atoms with Crippen molar-refractivity contribution in [1.82, 2.24) is 10.2 Å². The largest absolute Gasteiger partial charge is 0.378 e. The Labute approximate surface area is 140 Å². The summed E-state index contributed by atoms with van der Waals surface area (Å²) in [6, 6.07) is 0.510. The van der Waals surface area contributed by atoms with Gasteiger partial charge in [0.25, 0.3) is 0 Å². The van der Waals surface area contributed by atoms with E-state index in [-0.39, 0.29) is 29.1 Å². The van der Waals surface area contributed by atoms with Gasteiger partial charge < -0.3 is 19.7 Å². The molecular formula is C18H32N2O3. The van der Waals surface area contributed by atoms with Crippen LogP contribution in [0.4, 0.5) is 4.79 Å². The SMILES string of the molecule is CO[C@]1(C)C[C@H](N(C)C(=O)N[C@H]2CCO[C@@H](C3CC3)C2)C1(C)C. The van der Waals surface area contributed by atoms with Gasteiger partial charge in [-0.25, -0.2) is 4.79 Å². The Morgan fingerprint density at radius 3 is 2.52 bits per heavy atom. The normalized spacial score (nSPS) is 39.4. The predicted octanol–water partition coefficient (Wildman–Crippen LogP) is 2.79. The van der Waals surface area contributed by atoms with Gasteiger partial charge in [0.05, 0.1) is 11.7 Å². The van der Waals surface area contributed by atoms with Crippen molar-refractivity contribution in [3.8, 4) is 0 Å². The standard InChI is InChI=1S/C18H32N2O3/c1-17(2)15(11-18(17,3)22-5)20(4)16(21)19-13-8-9-23-14(10-13)12-6-7-12/h12-15H,6-11H2,1-5H3,(H,19,21)/t13-,14+,15-,18+/m0/s1. The van der Waals surface area contributed by atoms with E-state index >= 15 is 0 Å². The van der Waals surface area contributed by atoms with Crippen LogP contribution >= 0.6 is 0 Å². The third-order valence-corrected chi connectivity index (χ3v) is 6.81. The lowest BCUT2D eigenvalue weighted by Gasteiger charge is -2.61. The quantitative estimate of drug-likeness (QED) is 0.865. The number of amides is 2. The monoisotopic (exact) mass is 324 g/mol. The molecule has 0 bridgehead atoms. The van der Waals surface area contributed by atoms with Gasteiger partial charge >= 0.3 is 6.03 Å². The van der Waals surface area contributed by atoms with Gasteiger partial charge in [-0.1, -0.05) is 13.8 Å². The number of carbonyl (C=O) groups excluding carboxylic acids is 1. The molecule has 2 saturated carbocycles. The molecule has 1 heterocycles. The van der Waals surface area contributed by atoms with Crippen molar-refractivity contribution in [3.05, 3.63) is 0 Å². The molecule has 2 aliphatic carbocycles. The van der Waals surface area contributed by atoms with Crippen molar-refractivity contribution in [2.45, 2.75) is 76.7 Å². The molecule has 5 nitrogen and oxygen atoms in total. The molecule has 5 heteroatoms. The van der Waals surface area contributed by atoms with Crippen molar-refractivity contribution in [1.29, 1.82) is 0 Å². The van der Waals surface area contributed by atoms with Crippen LogP contribution < -0.4 is 5.32 Å². The Bertz CT molecular complexity index is 463. The maximum Gasteiger partial charge on any atom is 0.317 e. The first-order valence-electron chi connectivity index (χ1n) is 8.98. The average Bonchev–Trinajstić information content (AvgIpc) is 3.36. The molecule has 132 valence electrons. The molecule has 4 atom stereocenters. The molecule has 0 aromatic heterocycles. The van der Waals surface area contributed by atoms with E-state index in [2.05, 4.69) is 26.1 Å². The van der Waals surface area contributed by atoms with Crippen LogP contribution in [-0.4, -0.2) is 55.5 Å². The minimum absolute atomic E-state index is 0.0416. The summed E-state index contributed by atoms with van der Waals surface area (Å²) in [6.07, 6.45) is 5.71. The van der Waals surface area contributed by atoms with E-state index in [1.54, 1.807) is 7.11 Å². The van der Waals surface area contributed by atoms with E-state index in [0.29, 0.717) is 6.10 Å². The van der Waals surface area contributed by atoms with Gasteiger partial charge in [0.1, 0.15) is 0 Å². The summed E-state index contributed by atoms with van der Waals surface area (Å²) < 4.78 is 11.5. The van der Waals surface area contributed by atoms with Crippen molar-refractivity contribution in [3.63, 3.8) is 0 Å². The molecule has 2 amide bonds. The summed E-state index contributed by atoms with van der Waals surface area (Å²) in [4.78, 5) is 14.5. The first kappa shape index (κ1) is 17.0. The summed E-state index contributed by atoms with van der Waals surface area (Å²) in [5.74, 6) is 0.736. The number of nitrogens with zero attached hydrogens (tertiary/aromatic N) is 1. The number of ether oxygens (including phenoxy) is 2. The number of methoxy groups -OCH3 is 1. The van der Waals surface area contributed by atoms with Gasteiger partial charge in [0.2, 0.25) is 0 Å². The molecule has 3 rings (SSSR count). The molecule has 0 spiro atoms. The maximum absolute atomic E-state index is 12.7. The highest BCUT2D eigenvalue weighted by Crippen LogP contribution is 2.53. The zero-order valence-electron chi connectivity index (χ0n) is 15.2. The maximum atomic E-state index is 12.7. The first-order valence-corrected chi connectivity index (χ1v) is 8.98. The second-order valence-corrected chi connectivity index (χ2v) is 8.40. The van der Waals surface area contributed by atoms with Crippen LogP contribution in [0.15, 0.2) is 0 Å². The third kappa shape index (κ3) is 2.98. The van der Waals surface area contributed by atoms with Crippen molar-refractivity contribution in [2.75, 3.05) is 20.8 Å². The smallest absolute Gasteiger partial charge is 0.317 e. The van der Waals surface area contributed by atoms with Gasteiger partial charge in [-0.2, -0.15) is 0 Å². The number of nitrogens with one attached hydrogen (secondary N) is 1. The summed E-state index contributed by atoms with van der Waals surface area (Å²) in [5, 5.41) is 3.23. The number of hydrogen-bond acceptors (Lipinski definition) is 3. The Morgan fingerprint density at radius 1 is 1.26 bits per heavy atom.